The molecule has 11 heteroatoms. The van der Waals surface area contributed by atoms with Gasteiger partial charge in [0.25, 0.3) is 5.89 Å². The van der Waals surface area contributed by atoms with Crippen molar-refractivity contribution < 1.29 is 22.8 Å². The van der Waals surface area contributed by atoms with Crippen molar-refractivity contribution in [3.8, 4) is 40.0 Å². The van der Waals surface area contributed by atoms with E-state index in [1.165, 1.54) is 49.8 Å². The number of hydrogen-bond donors (Lipinski definition) is 0. The highest BCUT2D eigenvalue weighted by Crippen LogP contribution is 2.37. The summed E-state index contributed by atoms with van der Waals surface area (Å²) in [5.41, 5.74) is 0.192. The molecule has 0 spiro atoms. The Bertz CT molecular complexity index is 1180. The number of nitrogens with zero attached hydrogens (tertiary/aromatic N) is 5. The van der Waals surface area contributed by atoms with Crippen LogP contribution in [0, 0.1) is 11.6 Å². The Morgan fingerprint density at radius 3 is 2.62 bits per heavy atom. The van der Waals surface area contributed by atoms with Gasteiger partial charge in [0, 0.05) is 5.02 Å². The van der Waals surface area contributed by atoms with Gasteiger partial charge >= 0.3 is 0 Å². The predicted molar refractivity (Wildman–Crippen MR) is 98.1 cm³/mol. The van der Waals surface area contributed by atoms with Gasteiger partial charge in [0.05, 0.1) is 25.3 Å². The lowest BCUT2D eigenvalue weighted by Crippen LogP contribution is -2.02. The van der Waals surface area contributed by atoms with Crippen molar-refractivity contribution >= 4 is 11.6 Å². The van der Waals surface area contributed by atoms with Gasteiger partial charge < -0.3 is 14.0 Å². The van der Waals surface area contributed by atoms with Gasteiger partial charge in [-0.15, -0.1) is 0 Å². The average molecular weight is 420 g/mol. The van der Waals surface area contributed by atoms with Gasteiger partial charge in [-0.25, -0.2) is 18.4 Å². The van der Waals surface area contributed by atoms with Crippen LogP contribution < -0.4 is 9.47 Å². The minimum Gasteiger partial charge on any atom is -0.493 e. The maximum absolute atomic E-state index is 14.8. The van der Waals surface area contributed by atoms with E-state index in [1.54, 1.807) is 0 Å². The maximum atomic E-state index is 14.8. The SMILES string of the molecule is COc1ccc(-c2noc(-c3cc(Cl)cc(F)c3-n3cncn3)n2)c(F)c1OC. The van der Waals surface area contributed by atoms with E-state index in [1.807, 2.05) is 0 Å². The van der Waals surface area contributed by atoms with Crippen LogP contribution >= 0.6 is 11.6 Å². The Morgan fingerprint density at radius 2 is 1.93 bits per heavy atom. The quantitative estimate of drug-likeness (QED) is 0.484. The molecule has 0 bridgehead atoms. The summed E-state index contributed by atoms with van der Waals surface area (Å²) in [5, 5.41) is 7.84. The molecule has 0 saturated carbocycles. The van der Waals surface area contributed by atoms with Crippen molar-refractivity contribution in [1.29, 1.82) is 0 Å². The largest absolute Gasteiger partial charge is 0.493 e. The first kappa shape index (κ1) is 18.8. The summed E-state index contributed by atoms with van der Waals surface area (Å²) in [4.78, 5) is 8.00. The molecular formula is C18H12ClF2N5O3. The van der Waals surface area contributed by atoms with Gasteiger partial charge in [-0.3, -0.25) is 0 Å². The topological polar surface area (TPSA) is 88.1 Å². The van der Waals surface area contributed by atoms with E-state index in [9.17, 15) is 8.78 Å². The molecule has 0 aliphatic heterocycles. The molecule has 4 rings (SSSR count). The van der Waals surface area contributed by atoms with E-state index in [-0.39, 0.29) is 45.1 Å². The van der Waals surface area contributed by atoms with Crippen LogP contribution in [0.3, 0.4) is 0 Å². The number of halogens is 3. The second kappa shape index (κ2) is 7.47. The minimum absolute atomic E-state index is 0.00915. The van der Waals surface area contributed by atoms with Crippen LogP contribution in [0.4, 0.5) is 8.78 Å². The van der Waals surface area contributed by atoms with E-state index in [0.717, 1.165) is 6.07 Å². The summed E-state index contributed by atoms with van der Waals surface area (Å²) in [5.74, 6) is -1.44. The predicted octanol–water partition coefficient (Wildman–Crippen LogP) is 3.93. The zero-order valence-electron chi connectivity index (χ0n) is 15.1. The number of ether oxygens (including phenoxy) is 2. The summed E-state index contributed by atoms with van der Waals surface area (Å²) in [6, 6.07) is 5.48. The third-order valence-corrected chi connectivity index (χ3v) is 4.28. The molecule has 0 atom stereocenters. The summed E-state index contributed by atoms with van der Waals surface area (Å²) in [7, 11) is 2.70. The van der Waals surface area contributed by atoms with E-state index in [2.05, 4.69) is 20.2 Å². The lowest BCUT2D eigenvalue weighted by atomic mass is 10.1. The van der Waals surface area contributed by atoms with Crippen LogP contribution in [0.15, 0.2) is 41.4 Å². The molecule has 0 aliphatic carbocycles. The number of aromatic nitrogens is 5. The van der Waals surface area contributed by atoms with Crippen LogP contribution in [0.1, 0.15) is 0 Å². The zero-order valence-corrected chi connectivity index (χ0v) is 15.8. The van der Waals surface area contributed by atoms with Gasteiger partial charge in [-0.2, -0.15) is 10.1 Å². The lowest BCUT2D eigenvalue weighted by Gasteiger charge is -2.09. The molecule has 0 fully saturated rings. The van der Waals surface area contributed by atoms with Crippen molar-refractivity contribution in [2.24, 2.45) is 0 Å². The van der Waals surface area contributed by atoms with Crippen LogP contribution in [-0.2, 0) is 0 Å². The first-order valence-electron chi connectivity index (χ1n) is 8.12. The summed E-state index contributed by atoms with van der Waals surface area (Å²) in [6.45, 7) is 0. The van der Waals surface area contributed by atoms with Crippen LogP contribution in [0.5, 0.6) is 11.5 Å². The smallest absolute Gasteiger partial charge is 0.260 e. The van der Waals surface area contributed by atoms with Crippen molar-refractivity contribution in [3.05, 3.63) is 53.6 Å². The van der Waals surface area contributed by atoms with E-state index < -0.39 is 11.6 Å². The van der Waals surface area contributed by atoms with E-state index in [4.69, 9.17) is 25.6 Å². The highest BCUT2D eigenvalue weighted by atomic mass is 35.5. The first-order valence-corrected chi connectivity index (χ1v) is 8.50. The molecule has 148 valence electrons. The summed E-state index contributed by atoms with van der Waals surface area (Å²) >= 11 is 5.99. The normalized spacial score (nSPS) is 10.9. The third kappa shape index (κ3) is 3.27. The lowest BCUT2D eigenvalue weighted by molar-refractivity contribution is 0.338. The van der Waals surface area contributed by atoms with Gasteiger partial charge in [0.2, 0.25) is 5.82 Å². The van der Waals surface area contributed by atoms with E-state index in [0.29, 0.717) is 0 Å². The molecular weight excluding hydrogens is 408 g/mol. The fourth-order valence-corrected chi connectivity index (χ4v) is 2.99. The second-order valence-corrected chi connectivity index (χ2v) is 6.15. The molecule has 2 aromatic heterocycles. The first-order chi connectivity index (χ1) is 14.0. The van der Waals surface area contributed by atoms with Gasteiger partial charge in [0.15, 0.2) is 23.1 Å². The standard InChI is InChI=1S/C18H12ClF2N5O3/c1-27-13-4-3-10(14(21)16(13)28-2)17-24-18(29-25-17)11-5-9(19)6-12(20)15(11)26-8-22-7-23-26/h3-8H,1-2H3. The number of rotatable bonds is 5. The van der Waals surface area contributed by atoms with Crippen molar-refractivity contribution in [3.63, 3.8) is 0 Å². The van der Waals surface area contributed by atoms with Crippen LogP contribution in [0.2, 0.25) is 5.02 Å². The number of hydrogen-bond acceptors (Lipinski definition) is 7. The van der Waals surface area contributed by atoms with Crippen LogP contribution in [-0.4, -0.2) is 39.1 Å². The Hall–Kier alpha value is -3.53. The second-order valence-electron chi connectivity index (χ2n) is 5.71. The summed E-state index contributed by atoms with van der Waals surface area (Å²) in [6.07, 6.45) is 2.55. The third-order valence-electron chi connectivity index (χ3n) is 4.06. The van der Waals surface area contributed by atoms with Crippen LogP contribution in [0.25, 0.3) is 28.5 Å². The van der Waals surface area contributed by atoms with Gasteiger partial charge in [-0.05, 0) is 24.3 Å². The van der Waals surface area contributed by atoms with Gasteiger partial charge in [-0.1, -0.05) is 16.8 Å². The Balaban J connectivity index is 1.84. The molecule has 0 saturated heterocycles. The Kier molecular flexibility index (Phi) is 4.85. The Morgan fingerprint density at radius 1 is 1.10 bits per heavy atom. The van der Waals surface area contributed by atoms with Crippen molar-refractivity contribution in [1.82, 2.24) is 24.9 Å². The van der Waals surface area contributed by atoms with Crippen molar-refractivity contribution in [2.45, 2.75) is 0 Å². The molecule has 29 heavy (non-hydrogen) atoms. The zero-order chi connectivity index (χ0) is 20.5. The van der Waals surface area contributed by atoms with E-state index >= 15 is 0 Å². The monoisotopic (exact) mass is 419 g/mol. The molecule has 0 radical (unpaired) electrons. The average Bonchev–Trinajstić information content (AvgIpc) is 3.39. The van der Waals surface area contributed by atoms with Crippen molar-refractivity contribution in [2.75, 3.05) is 14.2 Å². The molecule has 0 unspecified atom stereocenters. The Labute approximate surface area is 167 Å². The molecule has 0 amide bonds. The molecule has 0 N–H and O–H groups in total. The minimum atomic E-state index is -0.729. The highest BCUT2D eigenvalue weighted by molar-refractivity contribution is 6.31. The maximum Gasteiger partial charge on any atom is 0.260 e. The molecule has 2 heterocycles. The molecule has 2 aromatic carbocycles. The fraction of sp³-hybridized carbons (Fsp3) is 0.111. The van der Waals surface area contributed by atoms with Gasteiger partial charge in [0.1, 0.15) is 18.3 Å². The number of methoxy groups -OCH3 is 2. The molecule has 0 aliphatic rings. The fourth-order valence-electron chi connectivity index (χ4n) is 2.79. The highest BCUT2D eigenvalue weighted by Gasteiger charge is 2.23. The molecule has 8 nitrogen and oxygen atoms in total. The number of benzene rings is 2. The summed E-state index contributed by atoms with van der Waals surface area (Å²) < 4.78 is 46.0. The molecule has 4 aromatic rings.